The summed E-state index contributed by atoms with van der Waals surface area (Å²) in [5.41, 5.74) is 0.428. The lowest BCUT2D eigenvalue weighted by molar-refractivity contribution is 0.0886. The Labute approximate surface area is 128 Å². The van der Waals surface area contributed by atoms with Gasteiger partial charge in [-0.05, 0) is 32.4 Å². The van der Waals surface area contributed by atoms with Crippen molar-refractivity contribution in [2.45, 2.75) is 97.6 Å². The molecule has 0 aliphatic rings. The van der Waals surface area contributed by atoms with E-state index in [9.17, 15) is 0 Å². The molecule has 0 aromatic rings. The maximum atomic E-state index is 3.65. The molecule has 2 unspecified atom stereocenters. The van der Waals surface area contributed by atoms with Crippen LogP contribution in [0.2, 0.25) is 0 Å². The molecule has 0 rings (SSSR count). The topological polar surface area (TPSA) is 24.1 Å². The average Bonchev–Trinajstić information content (AvgIpc) is 2.40. The van der Waals surface area contributed by atoms with Crippen LogP contribution in [0.15, 0.2) is 0 Å². The van der Waals surface area contributed by atoms with Gasteiger partial charge in [-0.25, -0.2) is 0 Å². The van der Waals surface area contributed by atoms with Crippen molar-refractivity contribution >= 4 is 0 Å². The minimum atomic E-state index is 0.172. The SMILES string of the molecule is CCCCCCCCC(NC)C(CC)(NC)C(C)(C)C. The highest BCUT2D eigenvalue weighted by Gasteiger charge is 2.44. The van der Waals surface area contributed by atoms with Crippen molar-refractivity contribution in [3.63, 3.8) is 0 Å². The van der Waals surface area contributed by atoms with Gasteiger partial charge in [-0.15, -0.1) is 0 Å². The summed E-state index contributed by atoms with van der Waals surface area (Å²) in [6, 6.07) is 0.545. The minimum absolute atomic E-state index is 0.172. The quantitative estimate of drug-likeness (QED) is 0.536. The van der Waals surface area contributed by atoms with Crippen molar-refractivity contribution in [2.75, 3.05) is 14.1 Å². The first kappa shape index (κ1) is 19.9. The number of likely N-dealkylation sites (N-methyl/N-ethyl adjacent to an activating group) is 2. The Balaban J connectivity index is 4.47. The monoisotopic (exact) mass is 284 g/mol. The van der Waals surface area contributed by atoms with Crippen LogP contribution in [0.3, 0.4) is 0 Å². The molecule has 2 atom stereocenters. The Kier molecular flexibility index (Phi) is 9.74. The second-order valence-electron chi connectivity index (χ2n) is 7.22. The molecule has 2 N–H and O–H groups in total. The second kappa shape index (κ2) is 9.78. The van der Waals surface area contributed by atoms with Crippen LogP contribution in [0.1, 0.15) is 86.0 Å². The van der Waals surface area contributed by atoms with Crippen LogP contribution in [-0.2, 0) is 0 Å². The number of hydrogen-bond acceptors (Lipinski definition) is 2. The fourth-order valence-electron chi connectivity index (χ4n) is 3.79. The first-order valence-electron chi connectivity index (χ1n) is 8.75. The highest BCUT2D eigenvalue weighted by Crippen LogP contribution is 2.37. The van der Waals surface area contributed by atoms with Gasteiger partial charge >= 0.3 is 0 Å². The molecule has 2 nitrogen and oxygen atoms in total. The minimum Gasteiger partial charge on any atom is -0.315 e. The van der Waals surface area contributed by atoms with E-state index in [4.69, 9.17) is 0 Å². The molecule has 0 amide bonds. The molecule has 122 valence electrons. The molecular weight excluding hydrogens is 244 g/mol. The van der Waals surface area contributed by atoms with Gasteiger partial charge < -0.3 is 10.6 Å². The Hall–Kier alpha value is -0.0800. The van der Waals surface area contributed by atoms with E-state index in [-0.39, 0.29) is 11.0 Å². The predicted molar refractivity (Wildman–Crippen MR) is 92.4 cm³/mol. The predicted octanol–water partition coefficient (Wildman–Crippen LogP) is 4.74. The second-order valence-corrected chi connectivity index (χ2v) is 7.22. The molecule has 0 aliphatic carbocycles. The molecule has 20 heavy (non-hydrogen) atoms. The van der Waals surface area contributed by atoms with Crippen molar-refractivity contribution in [2.24, 2.45) is 5.41 Å². The van der Waals surface area contributed by atoms with Crippen LogP contribution in [0.25, 0.3) is 0 Å². The van der Waals surface area contributed by atoms with Gasteiger partial charge in [0.15, 0.2) is 0 Å². The fourth-order valence-corrected chi connectivity index (χ4v) is 3.79. The van der Waals surface area contributed by atoms with Gasteiger partial charge in [0.1, 0.15) is 0 Å². The zero-order valence-electron chi connectivity index (χ0n) is 15.2. The van der Waals surface area contributed by atoms with Gasteiger partial charge in [0.2, 0.25) is 0 Å². The van der Waals surface area contributed by atoms with Crippen molar-refractivity contribution in [3.05, 3.63) is 0 Å². The molecule has 0 fully saturated rings. The van der Waals surface area contributed by atoms with E-state index in [1.165, 1.54) is 44.9 Å². The van der Waals surface area contributed by atoms with Crippen molar-refractivity contribution in [1.82, 2.24) is 10.6 Å². The first-order chi connectivity index (χ1) is 9.39. The average molecular weight is 285 g/mol. The third-order valence-corrected chi connectivity index (χ3v) is 5.13. The van der Waals surface area contributed by atoms with Crippen LogP contribution >= 0.6 is 0 Å². The van der Waals surface area contributed by atoms with E-state index in [0.29, 0.717) is 6.04 Å². The molecule has 0 aromatic carbocycles. The van der Waals surface area contributed by atoms with Gasteiger partial charge in [-0.1, -0.05) is 73.1 Å². The zero-order chi connectivity index (χ0) is 15.6. The zero-order valence-corrected chi connectivity index (χ0v) is 15.2. The van der Waals surface area contributed by atoms with Crippen LogP contribution < -0.4 is 10.6 Å². The number of rotatable bonds is 11. The van der Waals surface area contributed by atoms with Gasteiger partial charge in [0.25, 0.3) is 0 Å². The van der Waals surface area contributed by atoms with Crippen molar-refractivity contribution in [3.8, 4) is 0 Å². The van der Waals surface area contributed by atoms with E-state index in [0.717, 1.165) is 6.42 Å². The Bertz CT molecular complexity index is 226. The molecule has 0 spiro atoms. The summed E-state index contributed by atoms with van der Waals surface area (Å²) in [6.45, 7) is 11.7. The smallest absolute Gasteiger partial charge is 0.0378 e. The van der Waals surface area contributed by atoms with Crippen LogP contribution in [0, 0.1) is 5.41 Å². The van der Waals surface area contributed by atoms with E-state index in [2.05, 4.69) is 59.3 Å². The number of unbranched alkanes of at least 4 members (excludes halogenated alkanes) is 5. The summed E-state index contributed by atoms with van der Waals surface area (Å²) in [5.74, 6) is 0. The Morgan fingerprint density at radius 1 is 0.850 bits per heavy atom. The summed E-state index contributed by atoms with van der Waals surface area (Å²) in [7, 11) is 4.25. The molecule has 0 radical (unpaired) electrons. The molecule has 0 saturated heterocycles. The summed E-state index contributed by atoms with van der Waals surface area (Å²) in [4.78, 5) is 0. The molecular formula is C18H40N2. The largest absolute Gasteiger partial charge is 0.315 e. The maximum Gasteiger partial charge on any atom is 0.0378 e. The summed E-state index contributed by atoms with van der Waals surface area (Å²) in [6.07, 6.45) is 10.7. The Morgan fingerprint density at radius 3 is 1.80 bits per heavy atom. The molecule has 0 bridgehead atoms. The lowest BCUT2D eigenvalue weighted by Crippen LogP contribution is -2.64. The summed E-state index contributed by atoms with van der Waals surface area (Å²) >= 11 is 0. The van der Waals surface area contributed by atoms with Crippen molar-refractivity contribution in [1.29, 1.82) is 0 Å². The molecule has 0 aromatic heterocycles. The van der Waals surface area contributed by atoms with E-state index >= 15 is 0 Å². The molecule has 0 saturated carbocycles. The van der Waals surface area contributed by atoms with Crippen LogP contribution in [0.5, 0.6) is 0 Å². The van der Waals surface area contributed by atoms with Gasteiger partial charge in [0, 0.05) is 11.6 Å². The number of nitrogens with one attached hydrogen (secondary N) is 2. The lowest BCUT2D eigenvalue weighted by atomic mass is 9.66. The highest BCUT2D eigenvalue weighted by atomic mass is 15.1. The third-order valence-electron chi connectivity index (χ3n) is 5.13. The standard InChI is InChI=1S/C18H40N2/c1-8-10-11-12-13-14-15-16(19-6)18(9-2,20-7)17(3,4)5/h16,19-20H,8-15H2,1-7H3. The van der Waals surface area contributed by atoms with Crippen LogP contribution in [0.4, 0.5) is 0 Å². The summed E-state index contributed by atoms with van der Waals surface area (Å²) < 4.78 is 0. The molecule has 0 heterocycles. The normalized spacial score (nSPS) is 16.9. The molecule has 0 aliphatic heterocycles. The van der Waals surface area contributed by atoms with Gasteiger partial charge in [0.05, 0.1) is 0 Å². The fraction of sp³-hybridized carbons (Fsp3) is 1.00. The van der Waals surface area contributed by atoms with Crippen molar-refractivity contribution < 1.29 is 0 Å². The van der Waals surface area contributed by atoms with E-state index in [1.807, 2.05) is 0 Å². The maximum absolute atomic E-state index is 3.65. The lowest BCUT2D eigenvalue weighted by Gasteiger charge is -2.50. The first-order valence-corrected chi connectivity index (χ1v) is 8.75. The van der Waals surface area contributed by atoms with Gasteiger partial charge in [-0.3, -0.25) is 0 Å². The van der Waals surface area contributed by atoms with Gasteiger partial charge in [-0.2, -0.15) is 0 Å². The molecule has 2 heteroatoms. The highest BCUT2D eigenvalue weighted by molar-refractivity contribution is 5.04. The van der Waals surface area contributed by atoms with E-state index < -0.39 is 0 Å². The van der Waals surface area contributed by atoms with E-state index in [1.54, 1.807) is 0 Å². The number of hydrogen-bond donors (Lipinski definition) is 2. The summed E-state index contributed by atoms with van der Waals surface area (Å²) in [5, 5.41) is 7.25. The third kappa shape index (κ3) is 5.37. The Morgan fingerprint density at radius 2 is 1.40 bits per heavy atom. The van der Waals surface area contributed by atoms with Crippen LogP contribution in [-0.4, -0.2) is 25.7 Å².